The van der Waals surface area contributed by atoms with Crippen molar-refractivity contribution in [2.75, 3.05) is 0 Å². The fourth-order valence-electron chi connectivity index (χ4n) is 5.39. The molecule has 5 aromatic rings. The first kappa shape index (κ1) is 23.3. The number of aliphatic hydroxyl groups is 1. The predicted octanol–water partition coefficient (Wildman–Crippen LogP) is 4.53. The number of halogens is 1. The number of H-pyrrole nitrogens is 1. The second-order valence-electron chi connectivity index (χ2n) is 10.0. The molecule has 3 aromatic heterocycles. The normalized spacial score (nSPS) is 19.9. The van der Waals surface area contributed by atoms with Gasteiger partial charge in [-0.1, -0.05) is 0 Å². The maximum absolute atomic E-state index is 13.8. The van der Waals surface area contributed by atoms with Crippen molar-refractivity contribution in [2.45, 2.75) is 50.8 Å². The smallest absolute Gasteiger partial charge is 0.251 e. The van der Waals surface area contributed by atoms with E-state index in [2.05, 4.69) is 25.6 Å². The van der Waals surface area contributed by atoms with Gasteiger partial charge < -0.3 is 10.4 Å². The standard InChI is InChI=1S/C28H27FN6O2/c1-17-11-18(8-10-30-17)26-23-12-19(5-7-24(23)33-34-26)27(36)32-22-3-2-9-28(37,14-22)16-35-25-13-21(29)6-4-20(25)15-31-35/h4-8,10-13,15,22,37H,2-3,9,14,16H2,1H3,(H,32,36)(H,33,34)/t22-,28+/m0/s1. The van der Waals surface area contributed by atoms with Crippen molar-refractivity contribution in [1.29, 1.82) is 0 Å². The number of rotatable bonds is 5. The summed E-state index contributed by atoms with van der Waals surface area (Å²) in [6, 6.07) is 13.7. The Balaban J connectivity index is 1.20. The molecule has 0 saturated heterocycles. The SMILES string of the molecule is Cc1cc(-c2n[nH]c3ccc(C(=O)N[C@H]4CCC[C@](O)(Cn5ncc6ccc(F)cc65)C4)cc23)ccn1. The van der Waals surface area contributed by atoms with E-state index >= 15 is 0 Å². The van der Waals surface area contributed by atoms with Crippen LogP contribution >= 0.6 is 0 Å². The van der Waals surface area contributed by atoms with E-state index < -0.39 is 5.60 Å². The van der Waals surface area contributed by atoms with Gasteiger partial charge in [-0.05, 0) is 81.1 Å². The van der Waals surface area contributed by atoms with E-state index in [9.17, 15) is 14.3 Å². The van der Waals surface area contributed by atoms with Gasteiger partial charge in [0.2, 0.25) is 0 Å². The molecule has 3 N–H and O–H groups in total. The monoisotopic (exact) mass is 498 g/mol. The van der Waals surface area contributed by atoms with Crippen molar-refractivity contribution in [3.63, 3.8) is 0 Å². The van der Waals surface area contributed by atoms with Crippen molar-refractivity contribution in [3.8, 4) is 11.3 Å². The summed E-state index contributed by atoms with van der Waals surface area (Å²) in [5.41, 5.74) is 3.56. The van der Waals surface area contributed by atoms with Crippen LogP contribution in [0.4, 0.5) is 4.39 Å². The molecule has 3 heterocycles. The lowest BCUT2D eigenvalue weighted by Crippen LogP contribution is -2.47. The summed E-state index contributed by atoms with van der Waals surface area (Å²) in [7, 11) is 0. The maximum atomic E-state index is 13.8. The minimum Gasteiger partial charge on any atom is -0.388 e. The number of aryl methyl sites for hydroxylation is 1. The van der Waals surface area contributed by atoms with E-state index in [1.807, 2.05) is 31.2 Å². The number of hydrogen-bond donors (Lipinski definition) is 3. The van der Waals surface area contributed by atoms with E-state index in [4.69, 9.17) is 0 Å². The van der Waals surface area contributed by atoms with Gasteiger partial charge in [0.1, 0.15) is 11.5 Å². The second-order valence-corrected chi connectivity index (χ2v) is 10.0. The summed E-state index contributed by atoms with van der Waals surface area (Å²) in [5, 5.41) is 28.0. The molecule has 1 aliphatic carbocycles. The lowest BCUT2D eigenvalue weighted by atomic mass is 9.81. The lowest BCUT2D eigenvalue weighted by Gasteiger charge is -2.37. The molecule has 1 saturated carbocycles. The van der Waals surface area contributed by atoms with Crippen LogP contribution < -0.4 is 5.32 Å². The van der Waals surface area contributed by atoms with E-state index in [0.717, 1.165) is 46.1 Å². The third-order valence-corrected chi connectivity index (χ3v) is 7.20. The van der Waals surface area contributed by atoms with Crippen LogP contribution in [0.15, 0.2) is 60.9 Å². The van der Waals surface area contributed by atoms with Crippen molar-refractivity contribution in [1.82, 2.24) is 30.3 Å². The molecule has 9 heteroatoms. The molecule has 0 unspecified atom stereocenters. The number of fused-ring (bicyclic) bond motifs is 2. The maximum Gasteiger partial charge on any atom is 0.251 e. The number of carbonyl (C=O) groups excluding carboxylic acids is 1. The predicted molar refractivity (Wildman–Crippen MR) is 138 cm³/mol. The molecule has 37 heavy (non-hydrogen) atoms. The van der Waals surface area contributed by atoms with Gasteiger partial charge in [-0.25, -0.2) is 4.39 Å². The zero-order chi connectivity index (χ0) is 25.6. The fourth-order valence-corrected chi connectivity index (χ4v) is 5.39. The summed E-state index contributed by atoms with van der Waals surface area (Å²) < 4.78 is 15.4. The minimum absolute atomic E-state index is 0.188. The molecule has 1 fully saturated rings. The minimum atomic E-state index is -1.05. The first-order chi connectivity index (χ1) is 17.9. The molecule has 2 atom stereocenters. The van der Waals surface area contributed by atoms with Crippen molar-refractivity contribution >= 4 is 27.7 Å². The number of amides is 1. The first-order valence-electron chi connectivity index (χ1n) is 12.4. The number of aromatic nitrogens is 5. The van der Waals surface area contributed by atoms with E-state index in [0.29, 0.717) is 23.9 Å². The number of hydrogen-bond acceptors (Lipinski definition) is 5. The number of carbonyl (C=O) groups is 1. The molecule has 2 aromatic carbocycles. The molecule has 1 aliphatic rings. The highest BCUT2D eigenvalue weighted by molar-refractivity contribution is 6.01. The van der Waals surface area contributed by atoms with Gasteiger partial charge in [-0.15, -0.1) is 0 Å². The van der Waals surface area contributed by atoms with Crippen LogP contribution in [0, 0.1) is 12.7 Å². The van der Waals surface area contributed by atoms with Crippen LogP contribution in [0.2, 0.25) is 0 Å². The van der Waals surface area contributed by atoms with Crippen LogP contribution in [0.5, 0.6) is 0 Å². The summed E-state index contributed by atoms with van der Waals surface area (Å²) in [6.07, 6.45) is 5.94. The number of benzene rings is 2. The van der Waals surface area contributed by atoms with Gasteiger partial charge in [0, 0.05) is 39.8 Å². The average Bonchev–Trinajstić information content (AvgIpc) is 3.47. The first-order valence-corrected chi connectivity index (χ1v) is 12.4. The molecular formula is C28H27FN6O2. The van der Waals surface area contributed by atoms with Gasteiger partial charge in [0.15, 0.2) is 0 Å². The fraction of sp³-hybridized carbons (Fsp3) is 0.286. The third-order valence-electron chi connectivity index (χ3n) is 7.20. The second kappa shape index (κ2) is 9.08. The quantitative estimate of drug-likeness (QED) is 0.330. The summed E-state index contributed by atoms with van der Waals surface area (Å²) in [5.74, 6) is -0.535. The summed E-state index contributed by atoms with van der Waals surface area (Å²) in [6.45, 7) is 2.16. The topological polar surface area (TPSA) is 109 Å². The Morgan fingerprint density at radius 2 is 2.14 bits per heavy atom. The Morgan fingerprint density at radius 1 is 1.24 bits per heavy atom. The molecule has 0 radical (unpaired) electrons. The molecule has 6 rings (SSSR count). The number of pyridine rings is 1. The van der Waals surface area contributed by atoms with Crippen LogP contribution in [0.1, 0.15) is 41.7 Å². The van der Waals surface area contributed by atoms with Crippen molar-refractivity contribution < 1.29 is 14.3 Å². The molecule has 0 bridgehead atoms. The summed E-state index contributed by atoms with van der Waals surface area (Å²) in [4.78, 5) is 17.5. The largest absolute Gasteiger partial charge is 0.388 e. The average molecular weight is 499 g/mol. The van der Waals surface area contributed by atoms with Crippen LogP contribution in [-0.4, -0.2) is 47.6 Å². The molecular weight excluding hydrogens is 471 g/mol. The highest BCUT2D eigenvalue weighted by Crippen LogP contribution is 2.32. The highest BCUT2D eigenvalue weighted by Gasteiger charge is 2.36. The Bertz CT molecular complexity index is 1630. The van der Waals surface area contributed by atoms with Gasteiger partial charge in [-0.2, -0.15) is 10.2 Å². The third kappa shape index (κ3) is 4.58. The Hall–Kier alpha value is -4.11. The van der Waals surface area contributed by atoms with Crippen LogP contribution in [0.3, 0.4) is 0 Å². The summed E-state index contributed by atoms with van der Waals surface area (Å²) >= 11 is 0. The molecule has 8 nitrogen and oxygen atoms in total. The zero-order valence-electron chi connectivity index (χ0n) is 20.4. The Labute approximate surface area is 212 Å². The zero-order valence-corrected chi connectivity index (χ0v) is 20.4. The number of nitrogens with zero attached hydrogens (tertiary/aromatic N) is 4. The van der Waals surface area contributed by atoms with Gasteiger partial charge in [0.05, 0.1) is 29.4 Å². The molecule has 1 amide bonds. The van der Waals surface area contributed by atoms with Crippen LogP contribution in [0.25, 0.3) is 33.1 Å². The van der Waals surface area contributed by atoms with Crippen molar-refractivity contribution in [3.05, 3.63) is 78.0 Å². The lowest BCUT2D eigenvalue weighted by molar-refractivity contribution is -0.0227. The Morgan fingerprint density at radius 3 is 3.00 bits per heavy atom. The van der Waals surface area contributed by atoms with Gasteiger partial charge in [-0.3, -0.25) is 19.6 Å². The molecule has 188 valence electrons. The van der Waals surface area contributed by atoms with E-state index in [1.165, 1.54) is 12.1 Å². The van der Waals surface area contributed by atoms with E-state index in [-0.39, 0.29) is 24.3 Å². The number of aromatic amines is 1. The van der Waals surface area contributed by atoms with E-state index in [1.54, 1.807) is 29.2 Å². The Kier molecular flexibility index (Phi) is 5.72. The molecule has 0 aliphatic heterocycles. The van der Waals surface area contributed by atoms with Crippen molar-refractivity contribution in [2.24, 2.45) is 0 Å². The van der Waals surface area contributed by atoms with Gasteiger partial charge >= 0.3 is 0 Å². The number of nitrogens with one attached hydrogen (secondary N) is 2. The highest BCUT2D eigenvalue weighted by atomic mass is 19.1. The van der Waals surface area contributed by atoms with Gasteiger partial charge in [0.25, 0.3) is 5.91 Å². The molecule has 0 spiro atoms. The van der Waals surface area contributed by atoms with Crippen LogP contribution in [-0.2, 0) is 6.54 Å².